The summed E-state index contributed by atoms with van der Waals surface area (Å²) in [6.45, 7) is 0.592. The SMILES string of the molecule is [2H]c1c([2H])c(OC)c2c3c1C[C@]1([2H])[C@@H]4CCC(=O)C([2H])(O2)[C@]34CCN1C. The Morgan fingerprint density at radius 2 is 2.41 bits per heavy atom. The molecule has 4 atom stereocenters. The van der Waals surface area contributed by atoms with Gasteiger partial charge in [-0.2, -0.15) is 0 Å². The van der Waals surface area contributed by atoms with Crippen LogP contribution in [0.2, 0.25) is 0 Å². The third kappa shape index (κ3) is 1.27. The molecule has 4 aliphatic rings. The standard InChI is InChI=1S/C18H21NO3/c1-19-8-7-18-11-4-5-13(20)17(18)22-16-14(21-2)6-3-10(15(16)18)9-12(11)19/h3,6,11-12,17H,4-5,7-9H2,1-2H3/t11-,12+,17?,18-/m0/s1/i3D,6D,12D,17D. The van der Waals surface area contributed by atoms with Crippen LogP contribution in [0.15, 0.2) is 12.1 Å². The lowest BCUT2D eigenvalue weighted by atomic mass is 9.52. The summed E-state index contributed by atoms with van der Waals surface area (Å²) in [7, 11) is 3.32. The van der Waals surface area contributed by atoms with Crippen LogP contribution in [-0.2, 0) is 16.6 Å². The first-order valence-electron chi connectivity index (χ1n) is 9.86. The molecule has 2 aliphatic heterocycles. The number of likely N-dealkylation sites (N-methyl/N-ethyl adjacent to an activating group) is 1. The Hall–Kier alpha value is -1.55. The number of hydrogen-bond donors (Lipinski definition) is 0. The number of Topliss-reactive ketones (excluding diaryl/α,β-unsaturated/α-hetero) is 1. The molecule has 1 saturated heterocycles. The van der Waals surface area contributed by atoms with Crippen LogP contribution in [-0.4, -0.2) is 43.5 Å². The summed E-state index contributed by atoms with van der Waals surface area (Å²) >= 11 is 0. The summed E-state index contributed by atoms with van der Waals surface area (Å²) in [4.78, 5) is 14.9. The lowest BCUT2D eigenvalue weighted by molar-refractivity contribution is -0.138. The van der Waals surface area contributed by atoms with Gasteiger partial charge < -0.3 is 14.4 Å². The van der Waals surface area contributed by atoms with Crippen molar-refractivity contribution in [2.24, 2.45) is 5.92 Å². The molecular weight excluding hydrogens is 278 g/mol. The lowest BCUT2D eigenvalue weighted by Crippen LogP contribution is -2.65. The molecule has 4 nitrogen and oxygen atoms in total. The fourth-order valence-electron chi connectivity index (χ4n) is 4.98. The van der Waals surface area contributed by atoms with Crippen LogP contribution in [0.5, 0.6) is 11.5 Å². The van der Waals surface area contributed by atoms with Gasteiger partial charge in [-0.15, -0.1) is 0 Å². The molecule has 0 N–H and O–H groups in total. The Balaban J connectivity index is 1.94. The topological polar surface area (TPSA) is 38.8 Å². The van der Waals surface area contributed by atoms with Gasteiger partial charge in [-0.25, -0.2) is 0 Å². The average molecular weight is 303 g/mol. The second-order valence-electron chi connectivity index (χ2n) is 6.72. The first kappa shape index (κ1) is 9.56. The predicted molar refractivity (Wildman–Crippen MR) is 81.6 cm³/mol. The molecule has 1 saturated carbocycles. The molecule has 0 amide bonds. The van der Waals surface area contributed by atoms with E-state index in [2.05, 4.69) is 0 Å². The Labute approximate surface area is 136 Å². The molecule has 2 fully saturated rings. The number of ketones is 1. The zero-order valence-electron chi connectivity index (χ0n) is 16.8. The first-order valence-corrected chi connectivity index (χ1v) is 7.86. The number of rotatable bonds is 1. The van der Waals surface area contributed by atoms with E-state index in [1.165, 1.54) is 7.11 Å². The highest BCUT2D eigenvalue weighted by Crippen LogP contribution is 2.62. The quantitative estimate of drug-likeness (QED) is 0.795. The van der Waals surface area contributed by atoms with Gasteiger partial charge in [0.2, 0.25) is 0 Å². The minimum absolute atomic E-state index is 0.0243. The Kier molecular flexibility index (Phi) is 1.76. The zero-order valence-corrected chi connectivity index (χ0v) is 12.8. The highest BCUT2D eigenvalue weighted by Gasteiger charge is 2.65. The van der Waals surface area contributed by atoms with Crippen molar-refractivity contribution in [3.8, 4) is 11.5 Å². The predicted octanol–water partition coefficient (Wildman–Crippen LogP) is 1.93. The van der Waals surface area contributed by atoms with Crippen molar-refractivity contribution in [2.45, 2.75) is 43.2 Å². The largest absolute Gasteiger partial charge is 0.493 e. The minimum atomic E-state index is -1.80. The molecule has 5 rings (SSSR count). The highest BCUT2D eigenvalue weighted by atomic mass is 16.5. The van der Waals surface area contributed by atoms with Crippen molar-refractivity contribution in [3.05, 3.63) is 23.2 Å². The summed E-state index contributed by atoms with van der Waals surface area (Å²) in [6.07, 6.45) is -0.190. The molecule has 2 bridgehead atoms. The van der Waals surface area contributed by atoms with E-state index >= 15 is 0 Å². The molecule has 2 heterocycles. The smallest absolute Gasteiger partial charge is 0.174 e. The molecule has 22 heavy (non-hydrogen) atoms. The normalized spacial score (nSPS) is 47.7. The summed E-state index contributed by atoms with van der Waals surface area (Å²) in [6, 6.07) is -1.08. The number of carbonyl (C=O) groups excluding carboxylic acids is 1. The van der Waals surface area contributed by atoms with Gasteiger partial charge in [-0.1, -0.05) is 6.04 Å². The number of methoxy groups -OCH3 is 1. The summed E-state index contributed by atoms with van der Waals surface area (Å²) in [5.41, 5.74) is 0.336. The average Bonchev–Trinajstić information content (AvgIpc) is 2.87. The molecule has 1 unspecified atom stereocenters. The van der Waals surface area contributed by atoms with Crippen molar-refractivity contribution in [1.82, 2.24) is 4.90 Å². The van der Waals surface area contributed by atoms with E-state index in [9.17, 15) is 6.17 Å². The Bertz CT molecular complexity index is 877. The molecule has 1 spiro atoms. The molecule has 0 aromatic heterocycles. The van der Waals surface area contributed by atoms with Gasteiger partial charge in [-0.3, -0.25) is 4.79 Å². The van der Waals surface area contributed by atoms with Crippen LogP contribution >= 0.6 is 0 Å². The van der Waals surface area contributed by atoms with Gasteiger partial charge >= 0.3 is 0 Å². The third-order valence-corrected chi connectivity index (χ3v) is 5.92. The van der Waals surface area contributed by atoms with Crippen LogP contribution in [0.4, 0.5) is 0 Å². The van der Waals surface area contributed by atoms with Crippen LogP contribution in [0.1, 0.15) is 35.9 Å². The van der Waals surface area contributed by atoms with Crippen molar-refractivity contribution < 1.29 is 19.8 Å². The van der Waals surface area contributed by atoms with Crippen molar-refractivity contribution >= 4 is 5.78 Å². The van der Waals surface area contributed by atoms with Gasteiger partial charge in [0.25, 0.3) is 0 Å². The summed E-state index contributed by atoms with van der Waals surface area (Å²) in [5, 5.41) is 0. The maximum absolute atomic E-state index is 12.9. The van der Waals surface area contributed by atoms with Crippen LogP contribution in [0, 0.1) is 5.92 Å². The van der Waals surface area contributed by atoms with Crippen LogP contribution < -0.4 is 9.47 Å². The Morgan fingerprint density at radius 3 is 3.23 bits per heavy atom. The van der Waals surface area contributed by atoms with E-state index in [4.69, 9.17) is 13.6 Å². The van der Waals surface area contributed by atoms with Gasteiger partial charge in [0.15, 0.2) is 23.4 Å². The lowest BCUT2D eigenvalue weighted by Gasteiger charge is -2.57. The maximum atomic E-state index is 12.9. The van der Waals surface area contributed by atoms with Crippen LogP contribution in [0.25, 0.3) is 0 Å². The summed E-state index contributed by atoms with van der Waals surface area (Å²) < 4.78 is 46.5. The fourth-order valence-corrected chi connectivity index (χ4v) is 4.98. The highest BCUT2D eigenvalue weighted by molar-refractivity contribution is 5.89. The number of ether oxygens (including phenoxy) is 2. The van der Waals surface area contributed by atoms with Gasteiger partial charge in [0, 0.05) is 24.8 Å². The van der Waals surface area contributed by atoms with E-state index < -0.39 is 17.5 Å². The Morgan fingerprint density at radius 1 is 1.55 bits per heavy atom. The van der Waals surface area contributed by atoms with E-state index in [-0.39, 0.29) is 41.7 Å². The van der Waals surface area contributed by atoms with E-state index in [0.717, 1.165) is 0 Å². The second-order valence-corrected chi connectivity index (χ2v) is 6.72. The molecule has 4 heteroatoms. The maximum Gasteiger partial charge on any atom is 0.174 e. The number of hydrogen-bond acceptors (Lipinski definition) is 4. The number of piperidine rings is 1. The molecule has 1 aromatic carbocycles. The second kappa shape index (κ2) is 4.05. The van der Waals surface area contributed by atoms with E-state index in [0.29, 0.717) is 36.9 Å². The number of likely N-dealkylation sites (tertiary alicyclic amines) is 1. The third-order valence-electron chi connectivity index (χ3n) is 5.92. The van der Waals surface area contributed by atoms with Gasteiger partial charge in [0.1, 0.15) is 0 Å². The van der Waals surface area contributed by atoms with Crippen LogP contribution in [0.3, 0.4) is 0 Å². The molecular formula is C18H21NO3. The fraction of sp³-hybridized carbons (Fsp3) is 0.611. The van der Waals surface area contributed by atoms with E-state index in [1.54, 1.807) is 0 Å². The molecule has 0 radical (unpaired) electrons. The number of nitrogens with zero attached hydrogens (tertiary/aromatic N) is 1. The summed E-state index contributed by atoms with van der Waals surface area (Å²) in [5.74, 6) is -0.0827. The van der Waals surface area contributed by atoms with Gasteiger partial charge in [0.05, 0.1) is 11.2 Å². The number of benzene rings is 1. The molecule has 2 aliphatic carbocycles. The molecule has 116 valence electrons. The van der Waals surface area contributed by atoms with Crippen molar-refractivity contribution in [3.63, 3.8) is 0 Å². The van der Waals surface area contributed by atoms with Gasteiger partial charge in [-0.05, 0) is 50.4 Å². The molecule has 1 aromatic rings. The monoisotopic (exact) mass is 303 g/mol. The van der Waals surface area contributed by atoms with Crippen molar-refractivity contribution in [1.29, 1.82) is 0 Å². The van der Waals surface area contributed by atoms with Crippen molar-refractivity contribution in [2.75, 3.05) is 20.7 Å². The minimum Gasteiger partial charge on any atom is -0.493 e. The van der Waals surface area contributed by atoms with E-state index in [1.807, 2.05) is 11.9 Å². The first-order chi connectivity index (χ1) is 12.2. The zero-order chi connectivity index (χ0) is 18.6. The number of carbonyl (C=O) groups is 1.